The van der Waals surface area contributed by atoms with Crippen molar-refractivity contribution in [2.24, 2.45) is 5.41 Å². The second-order valence-electron chi connectivity index (χ2n) is 10.6. The summed E-state index contributed by atoms with van der Waals surface area (Å²) in [4.78, 5) is 38.2. The Hall–Kier alpha value is -3.15. The highest BCUT2D eigenvalue weighted by Crippen LogP contribution is 2.29. The minimum absolute atomic E-state index is 0.0176. The third kappa shape index (κ3) is 8.85. The van der Waals surface area contributed by atoms with Gasteiger partial charge in [0, 0.05) is 19.4 Å². The van der Waals surface area contributed by atoms with E-state index in [-0.39, 0.29) is 42.0 Å². The van der Waals surface area contributed by atoms with Gasteiger partial charge in [-0.15, -0.1) is 0 Å². The number of nitrogens with one attached hydrogen (secondary N) is 3. The maximum absolute atomic E-state index is 13.3. The van der Waals surface area contributed by atoms with Crippen LogP contribution in [0.15, 0.2) is 54.6 Å². The largest absolute Gasteiger partial charge is 0.356 e. The van der Waals surface area contributed by atoms with Crippen LogP contribution in [0.25, 0.3) is 0 Å². The fraction of sp³-hybridized carbons (Fsp3) is 0.483. The fourth-order valence-corrected chi connectivity index (χ4v) is 4.35. The molecule has 1 aliphatic carbocycles. The molecule has 2 aromatic carbocycles. The molecule has 2 aromatic rings. The highest BCUT2D eigenvalue weighted by molar-refractivity contribution is 5.89. The molecule has 0 spiro atoms. The van der Waals surface area contributed by atoms with E-state index in [0.717, 1.165) is 30.4 Å². The molecule has 0 saturated carbocycles. The van der Waals surface area contributed by atoms with Crippen molar-refractivity contribution in [2.45, 2.75) is 77.8 Å². The lowest BCUT2D eigenvalue weighted by Crippen LogP contribution is -2.48. The molecule has 2 atom stereocenters. The molecule has 6 heteroatoms. The molecule has 3 rings (SSSR count). The molecule has 1 aliphatic rings. The monoisotopic (exact) mass is 477 g/mol. The minimum atomic E-state index is -0.658. The SMILES string of the molecule is CC(C)(C)CNC(=O)CCC(=O)N[C@@H](CCc1ccccc1)C(=O)N[C@@H]1CCCc2ccccc21. The Balaban J connectivity index is 1.60. The number of fused-ring (bicyclic) bond motifs is 1. The van der Waals surface area contributed by atoms with Gasteiger partial charge in [-0.25, -0.2) is 0 Å². The molecule has 0 unspecified atom stereocenters. The number of rotatable bonds is 10. The molecule has 0 fully saturated rings. The normalized spacial score (nSPS) is 16.0. The van der Waals surface area contributed by atoms with E-state index in [4.69, 9.17) is 0 Å². The van der Waals surface area contributed by atoms with Gasteiger partial charge in [0.05, 0.1) is 6.04 Å². The summed E-state index contributed by atoms with van der Waals surface area (Å²) < 4.78 is 0. The summed E-state index contributed by atoms with van der Waals surface area (Å²) >= 11 is 0. The molecule has 188 valence electrons. The van der Waals surface area contributed by atoms with Crippen LogP contribution in [0.3, 0.4) is 0 Å². The number of carbonyl (C=O) groups excluding carboxylic acids is 3. The molecule has 35 heavy (non-hydrogen) atoms. The maximum atomic E-state index is 13.3. The van der Waals surface area contributed by atoms with E-state index < -0.39 is 6.04 Å². The Morgan fingerprint density at radius 2 is 1.63 bits per heavy atom. The van der Waals surface area contributed by atoms with E-state index in [1.165, 1.54) is 5.56 Å². The van der Waals surface area contributed by atoms with Crippen LogP contribution in [0.4, 0.5) is 0 Å². The zero-order chi connectivity index (χ0) is 25.3. The van der Waals surface area contributed by atoms with Gasteiger partial charge in [-0.05, 0) is 54.2 Å². The van der Waals surface area contributed by atoms with Crippen molar-refractivity contribution in [3.63, 3.8) is 0 Å². The summed E-state index contributed by atoms with van der Waals surface area (Å²) in [7, 11) is 0. The quantitative estimate of drug-likeness (QED) is 0.478. The van der Waals surface area contributed by atoms with Crippen LogP contribution >= 0.6 is 0 Å². The minimum Gasteiger partial charge on any atom is -0.356 e. The van der Waals surface area contributed by atoms with Crippen LogP contribution in [0.5, 0.6) is 0 Å². The van der Waals surface area contributed by atoms with E-state index >= 15 is 0 Å². The standard InChI is InChI=1S/C29H39N3O3/c1-29(2,3)20-30-26(33)18-19-27(34)31-25(17-16-21-10-5-4-6-11-21)28(35)32-24-15-9-13-22-12-7-8-14-23(22)24/h4-8,10-12,14,24-25H,9,13,15-20H2,1-3H3,(H,30,33)(H,31,34)(H,32,35)/t24-,25+/m1/s1. The molecule has 6 nitrogen and oxygen atoms in total. The molecule has 3 N–H and O–H groups in total. The third-order valence-electron chi connectivity index (χ3n) is 6.30. The first-order valence-electron chi connectivity index (χ1n) is 12.7. The zero-order valence-corrected chi connectivity index (χ0v) is 21.2. The van der Waals surface area contributed by atoms with Crippen LogP contribution in [0.2, 0.25) is 0 Å². The first-order valence-corrected chi connectivity index (χ1v) is 12.7. The van der Waals surface area contributed by atoms with E-state index in [9.17, 15) is 14.4 Å². The lowest BCUT2D eigenvalue weighted by Gasteiger charge is -2.28. The van der Waals surface area contributed by atoms with Crippen molar-refractivity contribution < 1.29 is 14.4 Å². The molecule has 0 aromatic heterocycles. The molecule has 0 aliphatic heterocycles. The lowest BCUT2D eigenvalue weighted by molar-refractivity contribution is -0.130. The second-order valence-corrected chi connectivity index (χ2v) is 10.6. The van der Waals surface area contributed by atoms with Gasteiger partial charge in [-0.1, -0.05) is 75.4 Å². The average Bonchev–Trinajstić information content (AvgIpc) is 2.84. The molecule has 3 amide bonds. The second kappa shape index (κ2) is 12.5. The van der Waals surface area contributed by atoms with Crippen molar-refractivity contribution in [1.82, 2.24) is 16.0 Å². The highest BCUT2D eigenvalue weighted by Gasteiger charge is 2.26. The van der Waals surface area contributed by atoms with E-state index in [2.05, 4.69) is 28.1 Å². The molecule has 0 radical (unpaired) electrons. The Kier molecular flexibility index (Phi) is 9.47. The first-order chi connectivity index (χ1) is 16.7. The number of amides is 3. The van der Waals surface area contributed by atoms with Crippen molar-refractivity contribution in [3.8, 4) is 0 Å². The third-order valence-corrected chi connectivity index (χ3v) is 6.30. The summed E-state index contributed by atoms with van der Waals surface area (Å²) in [5, 5.41) is 8.95. The molecule has 0 bridgehead atoms. The Labute approximate surface area is 209 Å². The van der Waals surface area contributed by atoms with Crippen molar-refractivity contribution in [1.29, 1.82) is 0 Å². The molecule has 0 heterocycles. The number of carbonyl (C=O) groups is 3. The van der Waals surface area contributed by atoms with E-state index in [1.54, 1.807) is 0 Å². The topological polar surface area (TPSA) is 87.3 Å². The van der Waals surface area contributed by atoms with E-state index in [0.29, 0.717) is 19.4 Å². The van der Waals surface area contributed by atoms with Gasteiger partial charge < -0.3 is 16.0 Å². The molecular weight excluding hydrogens is 438 g/mol. The van der Waals surface area contributed by atoms with Gasteiger partial charge >= 0.3 is 0 Å². The van der Waals surface area contributed by atoms with Crippen LogP contribution < -0.4 is 16.0 Å². The fourth-order valence-electron chi connectivity index (χ4n) is 4.35. The summed E-state index contributed by atoms with van der Waals surface area (Å²) in [6, 6.07) is 17.5. The number of hydrogen-bond donors (Lipinski definition) is 3. The Morgan fingerprint density at radius 3 is 2.37 bits per heavy atom. The highest BCUT2D eigenvalue weighted by atomic mass is 16.2. The summed E-state index contributed by atoms with van der Waals surface area (Å²) in [6.45, 7) is 6.68. The van der Waals surface area contributed by atoms with Gasteiger partial charge in [-0.3, -0.25) is 14.4 Å². The van der Waals surface area contributed by atoms with Gasteiger partial charge in [0.25, 0.3) is 0 Å². The van der Waals surface area contributed by atoms with Gasteiger partial charge in [-0.2, -0.15) is 0 Å². The van der Waals surface area contributed by atoms with Crippen LogP contribution in [0.1, 0.15) is 75.6 Å². The van der Waals surface area contributed by atoms with Crippen molar-refractivity contribution in [3.05, 3.63) is 71.3 Å². The van der Waals surface area contributed by atoms with E-state index in [1.807, 2.05) is 63.2 Å². The summed E-state index contributed by atoms with van der Waals surface area (Å²) in [6.07, 6.45) is 4.25. The Bertz CT molecular complexity index is 998. The van der Waals surface area contributed by atoms with Gasteiger partial charge in [0.1, 0.15) is 6.04 Å². The van der Waals surface area contributed by atoms with Crippen LogP contribution in [0, 0.1) is 5.41 Å². The average molecular weight is 478 g/mol. The predicted octanol–water partition coefficient (Wildman–Crippen LogP) is 4.24. The van der Waals surface area contributed by atoms with Gasteiger partial charge in [0.2, 0.25) is 17.7 Å². The molecular formula is C29H39N3O3. The van der Waals surface area contributed by atoms with Crippen LogP contribution in [-0.2, 0) is 27.2 Å². The number of benzene rings is 2. The first kappa shape index (κ1) is 26.5. The zero-order valence-electron chi connectivity index (χ0n) is 21.2. The van der Waals surface area contributed by atoms with Crippen molar-refractivity contribution in [2.75, 3.05) is 6.54 Å². The van der Waals surface area contributed by atoms with Gasteiger partial charge in [0.15, 0.2) is 0 Å². The maximum Gasteiger partial charge on any atom is 0.243 e. The number of hydrogen-bond acceptors (Lipinski definition) is 3. The Morgan fingerprint density at radius 1 is 0.943 bits per heavy atom. The lowest BCUT2D eigenvalue weighted by atomic mass is 9.87. The summed E-state index contributed by atoms with van der Waals surface area (Å²) in [5.41, 5.74) is 3.53. The van der Waals surface area contributed by atoms with Crippen LogP contribution in [-0.4, -0.2) is 30.3 Å². The smallest absolute Gasteiger partial charge is 0.243 e. The summed E-state index contributed by atoms with van der Waals surface area (Å²) in [5.74, 6) is -0.611. The predicted molar refractivity (Wildman–Crippen MR) is 139 cm³/mol. The van der Waals surface area contributed by atoms with Crippen molar-refractivity contribution >= 4 is 17.7 Å². The molecule has 0 saturated heterocycles. The number of aryl methyl sites for hydroxylation is 2.